The number of nitrogens with one attached hydrogen (secondary N) is 1. The van der Waals surface area contributed by atoms with Crippen molar-refractivity contribution >= 4 is 48.8 Å². The summed E-state index contributed by atoms with van der Waals surface area (Å²) < 4.78 is 32.1. The number of aromatic nitrogens is 1. The zero-order chi connectivity index (χ0) is 22.0. The number of benzene rings is 2. The number of carbonyl (C=O) groups is 1. The highest BCUT2D eigenvalue weighted by Gasteiger charge is 2.22. The molecule has 1 N–H and O–H groups in total. The summed E-state index contributed by atoms with van der Waals surface area (Å²) in [5, 5.41) is 4.13. The molecular weight excluding hydrogens is 456 g/mol. The highest BCUT2D eigenvalue weighted by Crippen LogP contribution is 2.32. The number of carbonyl (C=O) groups excluding carboxylic acids is 1. The molecule has 4 aromatic rings. The molecule has 0 unspecified atom stereocenters. The van der Waals surface area contributed by atoms with Gasteiger partial charge in [-0.15, -0.1) is 11.3 Å². The van der Waals surface area contributed by atoms with Crippen LogP contribution in [0, 0.1) is 0 Å². The van der Waals surface area contributed by atoms with Crippen LogP contribution >= 0.6 is 22.9 Å². The van der Waals surface area contributed by atoms with Gasteiger partial charge < -0.3 is 10.1 Å². The number of methoxy groups -OCH3 is 1. The second-order valence-electron chi connectivity index (χ2n) is 6.65. The fourth-order valence-electron chi connectivity index (χ4n) is 3.04. The lowest BCUT2D eigenvalue weighted by Crippen LogP contribution is -2.21. The molecule has 31 heavy (non-hydrogen) atoms. The standard InChI is InChI=1S/C22H17ClN2O4S2/c1-29-18-7-4-16(23)11-21(18)31(27,28)17-5-2-14(3-6-17)12-25-22(26)19-10-15-8-9-24-13-20(15)30-19/h2-11,13H,12H2,1H3,(H,25,26). The van der Waals surface area contributed by atoms with Gasteiger partial charge in [0.15, 0.2) is 0 Å². The summed E-state index contributed by atoms with van der Waals surface area (Å²) in [6.07, 6.45) is 3.41. The topological polar surface area (TPSA) is 85.4 Å². The maximum atomic E-state index is 13.0. The average molecular weight is 473 g/mol. The third-order valence-corrected chi connectivity index (χ3v) is 7.76. The van der Waals surface area contributed by atoms with Gasteiger partial charge in [-0.25, -0.2) is 8.42 Å². The number of nitrogens with zero attached hydrogens (tertiary/aromatic N) is 1. The number of sulfone groups is 1. The van der Waals surface area contributed by atoms with E-state index < -0.39 is 9.84 Å². The molecule has 1 amide bonds. The van der Waals surface area contributed by atoms with Gasteiger partial charge in [-0.1, -0.05) is 23.7 Å². The quantitative estimate of drug-likeness (QED) is 0.439. The van der Waals surface area contributed by atoms with Gasteiger partial charge in [-0.2, -0.15) is 0 Å². The zero-order valence-corrected chi connectivity index (χ0v) is 18.7. The smallest absolute Gasteiger partial charge is 0.261 e. The number of amides is 1. The van der Waals surface area contributed by atoms with Crippen molar-refractivity contribution in [1.82, 2.24) is 10.3 Å². The minimum absolute atomic E-state index is 0.00260. The highest BCUT2D eigenvalue weighted by atomic mass is 35.5. The van der Waals surface area contributed by atoms with Crippen LogP contribution < -0.4 is 10.1 Å². The van der Waals surface area contributed by atoms with Crippen molar-refractivity contribution in [2.24, 2.45) is 0 Å². The summed E-state index contributed by atoms with van der Waals surface area (Å²) in [5.74, 6) is 0.0286. The van der Waals surface area contributed by atoms with Crippen molar-refractivity contribution in [3.05, 3.63) is 82.5 Å². The summed E-state index contributed by atoms with van der Waals surface area (Å²) in [4.78, 5) is 17.2. The van der Waals surface area contributed by atoms with Crippen LogP contribution in [-0.2, 0) is 16.4 Å². The van der Waals surface area contributed by atoms with Crippen LogP contribution in [0.2, 0.25) is 5.02 Å². The van der Waals surface area contributed by atoms with E-state index in [9.17, 15) is 13.2 Å². The van der Waals surface area contributed by atoms with Gasteiger partial charge in [0.25, 0.3) is 5.91 Å². The number of hydrogen-bond donors (Lipinski definition) is 1. The van der Waals surface area contributed by atoms with Crippen LogP contribution in [0.5, 0.6) is 5.75 Å². The summed E-state index contributed by atoms with van der Waals surface area (Å²) in [6, 6.07) is 14.5. The first-order chi connectivity index (χ1) is 14.9. The Morgan fingerprint density at radius 3 is 2.61 bits per heavy atom. The van der Waals surface area contributed by atoms with Crippen LogP contribution in [0.1, 0.15) is 15.2 Å². The molecule has 0 saturated heterocycles. The molecule has 0 saturated carbocycles. The number of halogens is 1. The van der Waals surface area contributed by atoms with Gasteiger partial charge in [-0.3, -0.25) is 9.78 Å². The summed E-state index contributed by atoms with van der Waals surface area (Å²) in [7, 11) is -2.41. The Bertz CT molecular complexity index is 1330. The van der Waals surface area contributed by atoms with Crippen molar-refractivity contribution in [3.8, 4) is 5.75 Å². The Balaban J connectivity index is 1.49. The fourth-order valence-corrected chi connectivity index (χ4v) is 5.67. The molecule has 0 radical (unpaired) electrons. The molecule has 0 aliphatic carbocycles. The van der Waals surface area contributed by atoms with Gasteiger partial charge in [0, 0.05) is 24.0 Å². The predicted molar refractivity (Wildman–Crippen MR) is 121 cm³/mol. The van der Waals surface area contributed by atoms with E-state index in [0.29, 0.717) is 9.90 Å². The molecule has 0 aliphatic rings. The molecule has 2 aromatic carbocycles. The molecule has 0 spiro atoms. The molecule has 4 rings (SSSR count). The van der Waals surface area contributed by atoms with Crippen molar-refractivity contribution in [2.75, 3.05) is 7.11 Å². The first-order valence-corrected chi connectivity index (χ1v) is 11.9. The van der Waals surface area contributed by atoms with Crippen LogP contribution in [0.4, 0.5) is 0 Å². The molecule has 158 valence electrons. The first-order valence-electron chi connectivity index (χ1n) is 9.18. The Labute approximate surface area is 188 Å². The largest absolute Gasteiger partial charge is 0.495 e. The second-order valence-corrected chi connectivity index (χ2v) is 10.1. The van der Waals surface area contributed by atoms with Crippen molar-refractivity contribution in [3.63, 3.8) is 0 Å². The number of pyridine rings is 1. The van der Waals surface area contributed by atoms with Gasteiger partial charge in [0.05, 0.1) is 21.6 Å². The van der Waals surface area contributed by atoms with Crippen LogP contribution in [0.3, 0.4) is 0 Å². The number of hydrogen-bond acceptors (Lipinski definition) is 6. The van der Waals surface area contributed by atoms with Gasteiger partial charge in [-0.05, 0) is 53.4 Å². The maximum Gasteiger partial charge on any atom is 0.261 e. The average Bonchev–Trinajstić information content (AvgIpc) is 3.22. The Morgan fingerprint density at radius 2 is 1.90 bits per heavy atom. The Kier molecular flexibility index (Phi) is 5.95. The van der Waals surface area contributed by atoms with Crippen LogP contribution in [0.15, 0.2) is 76.8 Å². The van der Waals surface area contributed by atoms with Gasteiger partial charge >= 0.3 is 0 Å². The number of rotatable bonds is 6. The lowest BCUT2D eigenvalue weighted by molar-refractivity contribution is 0.0955. The Morgan fingerprint density at radius 1 is 1.13 bits per heavy atom. The maximum absolute atomic E-state index is 13.0. The van der Waals surface area contributed by atoms with E-state index in [-0.39, 0.29) is 28.0 Å². The van der Waals surface area contributed by atoms with E-state index in [1.807, 2.05) is 12.1 Å². The third-order valence-electron chi connectivity index (χ3n) is 4.65. The number of ether oxygens (including phenoxy) is 1. The van der Waals surface area contributed by atoms with E-state index in [0.717, 1.165) is 15.6 Å². The van der Waals surface area contributed by atoms with Gasteiger partial charge in [0.2, 0.25) is 9.84 Å². The normalized spacial score (nSPS) is 11.4. The van der Waals surface area contributed by atoms with Crippen molar-refractivity contribution < 1.29 is 17.9 Å². The molecular formula is C22H17ClN2O4S2. The zero-order valence-electron chi connectivity index (χ0n) is 16.3. The van der Waals surface area contributed by atoms with Crippen molar-refractivity contribution in [1.29, 1.82) is 0 Å². The SMILES string of the molecule is COc1ccc(Cl)cc1S(=O)(=O)c1ccc(CNC(=O)c2cc3ccncc3s2)cc1. The minimum Gasteiger partial charge on any atom is -0.495 e. The Hall–Kier alpha value is -2.94. The first kappa shape index (κ1) is 21.3. The van der Waals surface area contributed by atoms with E-state index in [1.54, 1.807) is 30.6 Å². The predicted octanol–water partition coefficient (Wildman–Crippen LogP) is 4.72. The summed E-state index contributed by atoms with van der Waals surface area (Å²) in [6.45, 7) is 0.270. The third kappa shape index (κ3) is 4.41. The molecule has 2 aromatic heterocycles. The fraction of sp³-hybridized carbons (Fsp3) is 0.0909. The van der Waals surface area contributed by atoms with Gasteiger partial charge in [0.1, 0.15) is 10.6 Å². The van der Waals surface area contributed by atoms with Crippen LogP contribution in [-0.4, -0.2) is 26.4 Å². The number of thiophene rings is 1. The summed E-state index contributed by atoms with van der Waals surface area (Å²) >= 11 is 7.35. The van der Waals surface area contributed by atoms with E-state index in [4.69, 9.17) is 16.3 Å². The molecule has 2 heterocycles. The van der Waals surface area contributed by atoms with Crippen molar-refractivity contribution in [2.45, 2.75) is 16.3 Å². The number of fused-ring (bicyclic) bond motifs is 1. The molecule has 9 heteroatoms. The summed E-state index contributed by atoms with van der Waals surface area (Å²) in [5.41, 5.74) is 0.771. The second kappa shape index (κ2) is 8.66. The van der Waals surface area contributed by atoms with E-state index in [1.165, 1.54) is 42.7 Å². The highest BCUT2D eigenvalue weighted by molar-refractivity contribution is 7.91. The molecule has 0 bridgehead atoms. The van der Waals surface area contributed by atoms with E-state index >= 15 is 0 Å². The minimum atomic E-state index is -3.81. The monoisotopic (exact) mass is 472 g/mol. The van der Waals surface area contributed by atoms with Crippen LogP contribution in [0.25, 0.3) is 10.1 Å². The molecule has 0 atom stereocenters. The molecule has 0 aliphatic heterocycles. The molecule has 0 fully saturated rings. The molecule has 6 nitrogen and oxygen atoms in total. The lowest BCUT2D eigenvalue weighted by atomic mass is 10.2. The lowest BCUT2D eigenvalue weighted by Gasteiger charge is -2.11. The van der Waals surface area contributed by atoms with E-state index in [2.05, 4.69) is 10.3 Å².